The third kappa shape index (κ3) is 3.80. The number of hydrogen-bond acceptors (Lipinski definition) is 6. The fraction of sp³-hybridized carbons (Fsp3) is 0.333. The Morgan fingerprint density at radius 1 is 1.10 bits per heavy atom. The van der Waals surface area contributed by atoms with E-state index in [0.29, 0.717) is 37.4 Å². The van der Waals surface area contributed by atoms with Crippen molar-refractivity contribution in [2.75, 3.05) is 39.3 Å². The standard InChI is InChI=1S/C21H20BrCl2N3O3/c1-28-12-4-5-27(10-12)21-13-7-17(23)25-9-11(13)6-14(26-21)18-19(22)15(29-2)8-16(30-3)20(18)24/h6-9,12H,4-5,10H2,1-3H3. The van der Waals surface area contributed by atoms with E-state index in [2.05, 4.69) is 25.8 Å². The number of benzene rings is 1. The molecule has 158 valence electrons. The number of pyridine rings is 2. The van der Waals surface area contributed by atoms with Crippen LogP contribution in [0.2, 0.25) is 10.2 Å². The number of ether oxygens (including phenoxy) is 3. The highest BCUT2D eigenvalue weighted by Crippen LogP contribution is 2.46. The molecule has 0 N–H and O–H groups in total. The first-order valence-electron chi connectivity index (χ1n) is 9.31. The average Bonchev–Trinajstić information content (AvgIpc) is 3.23. The van der Waals surface area contributed by atoms with E-state index in [0.717, 1.165) is 36.1 Å². The smallest absolute Gasteiger partial charge is 0.141 e. The summed E-state index contributed by atoms with van der Waals surface area (Å²) in [5.41, 5.74) is 1.37. The molecule has 1 aliphatic rings. The predicted octanol–water partition coefficient (Wildman–Crippen LogP) is 5.61. The van der Waals surface area contributed by atoms with E-state index in [9.17, 15) is 0 Å². The third-order valence-electron chi connectivity index (χ3n) is 5.27. The summed E-state index contributed by atoms with van der Waals surface area (Å²) < 4.78 is 17.2. The largest absolute Gasteiger partial charge is 0.495 e. The Bertz CT molecular complexity index is 1080. The van der Waals surface area contributed by atoms with Crippen LogP contribution in [0.1, 0.15) is 6.42 Å². The normalized spacial score (nSPS) is 16.3. The Kier molecular flexibility index (Phi) is 6.25. The Morgan fingerprint density at radius 3 is 2.53 bits per heavy atom. The molecular formula is C21H20BrCl2N3O3. The number of hydrogen-bond donors (Lipinski definition) is 0. The van der Waals surface area contributed by atoms with Crippen molar-refractivity contribution in [3.05, 3.63) is 39.0 Å². The van der Waals surface area contributed by atoms with Gasteiger partial charge in [-0.2, -0.15) is 0 Å². The molecule has 0 saturated carbocycles. The van der Waals surface area contributed by atoms with Gasteiger partial charge in [-0.05, 0) is 34.5 Å². The van der Waals surface area contributed by atoms with Crippen molar-refractivity contribution >= 4 is 55.7 Å². The first kappa shape index (κ1) is 21.4. The number of anilines is 1. The van der Waals surface area contributed by atoms with Gasteiger partial charge in [0.1, 0.15) is 22.5 Å². The molecule has 4 rings (SSSR count). The van der Waals surface area contributed by atoms with Crippen molar-refractivity contribution in [3.8, 4) is 22.8 Å². The molecule has 1 unspecified atom stereocenters. The van der Waals surface area contributed by atoms with Gasteiger partial charge in [0.05, 0.1) is 35.5 Å². The number of methoxy groups -OCH3 is 3. The van der Waals surface area contributed by atoms with E-state index in [4.69, 9.17) is 42.4 Å². The van der Waals surface area contributed by atoms with Gasteiger partial charge in [-0.25, -0.2) is 9.97 Å². The van der Waals surface area contributed by atoms with Gasteiger partial charge >= 0.3 is 0 Å². The van der Waals surface area contributed by atoms with Crippen molar-refractivity contribution in [2.45, 2.75) is 12.5 Å². The summed E-state index contributed by atoms with van der Waals surface area (Å²) in [7, 11) is 4.90. The summed E-state index contributed by atoms with van der Waals surface area (Å²) in [4.78, 5) is 11.5. The maximum Gasteiger partial charge on any atom is 0.141 e. The zero-order chi connectivity index (χ0) is 21.4. The molecular weight excluding hydrogens is 493 g/mol. The number of nitrogens with zero attached hydrogens (tertiary/aromatic N) is 3. The second kappa shape index (κ2) is 8.75. The molecule has 3 heterocycles. The van der Waals surface area contributed by atoms with Gasteiger partial charge in [-0.1, -0.05) is 23.2 Å². The summed E-state index contributed by atoms with van der Waals surface area (Å²) in [6, 6.07) is 5.52. The lowest BCUT2D eigenvalue weighted by atomic mass is 10.1. The zero-order valence-corrected chi connectivity index (χ0v) is 19.8. The fourth-order valence-electron chi connectivity index (χ4n) is 3.70. The fourth-order valence-corrected chi connectivity index (χ4v) is 4.97. The van der Waals surface area contributed by atoms with Gasteiger partial charge in [0, 0.05) is 48.8 Å². The summed E-state index contributed by atoms with van der Waals surface area (Å²) in [6.07, 6.45) is 2.84. The monoisotopic (exact) mass is 511 g/mol. The quantitative estimate of drug-likeness (QED) is 0.414. The van der Waals surface area contributed by atoms with Gasteiger partial charge in [0.2, 0.25) is 0 Å². The molecule has 9 heteroatoms. The van der Waals surface area contributed by atoms with Crippen LogP contribution in [0.15, 0.2) is 28.9 Å². The van der Waals surface area contributed by atoms with Crippen molar-refractivity contribution < 1.29 is 14.2 Å². The van der Waals surface area contributed by atoms with Crippen LogP contribution in [0, 0.1) is 0 Å². The van der Waals surface area contributed by atoms with Crippen LogP contribution in [0.5, 0.6) is 11.5 Å². The minimum atomic E-state index is 0.162. The molecule has 1 fully saturated rings. The van der Waals surface area contributed by atoms with Crippen molar-refractivity contribution in [2.24, 2.45) is 0 Å². The number of rotatable bonds is 5. The van der Waals surface area contributed by atoms with Gasteiger partial charge in [0.25, 0.3) is 0 Å². The van der Waals surface area contributed by atoms with Crippen LogP contribution in [-0.4, -0.2) is 50.5 Å². The molecule has 1 saturated heterocycles. The Balaban J connectivity index is 1.97. The van der Waals surface area contributed by atoms with Crippen LogP contribution < -0.4 is 14.4 Å². The van der Waals surface area contributed by atoms with E-state index in [-0.39, 0.29) is 6.10 Å². The molecule has 1 aliphatic heterocycles. The molecule has 6 nitrogen and oxygen atoms in total. The minimum Gasteiger partial charge on any atom is -0.495 e. The molecule has 0 radical (unpaired) electrons. The molecule has 0 amide bonds. The maximum absolute atomic E-state index is 6.69. The summed E-state index contributed by atoms with van der Waals surface area (Å²) >= 11 is 16.5. The molecule has 1 atom stereocenters. The molecule has 0 aliphatic carbocycles. The van der Waals surface area contributed by atoms with E-state index < -0.39 is 0 Å². The minimum absolute atomic E-state index is 0.162. The van der Waals surface area contributed by atoms with Crippen LogP contribution in [-0.2, 0) is 4.74 Å². The highest BCUT2D eigenvalue weighted by Gasteiger charge is 2.27. The molecule has 1 aromatic carbocycles. The van der Waals surface area contributed by atoms with E-state index >= 15 is 0 Å². The first-order valence-corrected chi connectivity index (χ1v) is 10.9. The van der Waals surface area contributed by atoms with Gasteiger partial charge in [-0.15, -0.1) is 0 Å². The van der Waals surface area contributed by atoms with Crippen molar-refractivity contribution in [1.82, 2.24) is 9.97 Å². The van der Waals surface area contributed by atoms with Gasteiger partial charge in [0.15, 0.2) is 0 Å². The SMILES string of the molecule is COc1cc(OC)c(Br)c(-c2cc3cnc(Cl)cc3c(N3CCC(OC)C3)n2)c1Cl. The third-order valence-corrected chi connectivity index (χ3v) is 6.64. The number of halogens is 3. The second-order valence-corrected chi connectivity index (χ2v) is 8.49. The van der Waals surface area contributed by atoms with Crippen LogP contribution >= 0.6 is 39.1 Å². The number of aromatic nitrogens is 2. The highest BCUT2D eigenvalue weighted by molar-refractivity contribution is 9.10. The summed E-state index contributed by atoms with van der Waals surface area (Å²) in [5, 5.41) is 2.70. The summed E-state index contributed by atoms with van der Waals surface area (Å²) in [5.74, 6) is 1.92. The predicted molar refractivity (Wildman–Crippen MR) is 123 cm³/mol. The van der Waals surface area contributed by atoms with E-state index in [1.165, 1.54) is 0 Å². The molecule has 0 bridgehead atoms. The molecule has 3 aromatic rings. The second-order valence-electron chi connectivity index (χ2n) is 6.94. The molecule has 30 heavy (non-hydrogen) atoms. The van der Waals surface area contributed by atoms with E-state index in [1.807, 2.05) is 12.1 Å². The Labute approximate surface area is 193 Å². The lowest BCUT2D eigenvalue weighted by Crippen LogP contribution is -2.23. The van der Waals surface area contributed by atoms with Gasteiger partial charge in [-0.3, -0.25) is 0 Å². The van der Waals surface area contributed by atoms with Gasteiger partial charge < -0.3 is 19.1 Å². The molecule has 2 aromatic heterocycles. The van der Waals surface area contributed by atoms with Crippen LogP contribution in [0.4, 0.5) is 5.82 Å². The van der Waals surface area contributed by atoms with Crippen molar-refractivity contribution in [1.29, 1.82) is 0 Å². The zero-order valence-electron chi connectivity index (χ0n) is 16.7. The van der Waals surface area contributed by atoms with Crippen molar-refractivity contribution in [3.63, 3.8) is 0 Å². The lowest BCUT2D eigenvalue weighted by Gasteiger charge is -2.21. The number of fused-ring (bicyclic) bond motifs is 1. The first-order chi connectivity index (χ1) is 14.5. The lowest BCUT2D eigenvalue weighted by molar-refractivity contribution is 0.121. The van der Waals surface area contributed by atoms with Crippen LogP contribution in [0.25, 0.3) is 22.0 Å². The average molecular weight is 513 g/mol. The topological polar surface area (TPSA) is 56.7 Å². The maximum atomic E-state index is 6.69. The Hall–Kier alpha value is -1.80. The highest BCUT2D eigenvalue weighted by atomic mass is 79.9. The molecule has 0 spiro atoms. The Morgan fingerprint density at radius 2 is 1.87 bits per heavy atom. The van der Waals surface area contributed by atoms with E-state index in [1.54, 1.807) is 33.6 Å². The summed E-state index contributed by atoms with van der Waals surface area (Å²) in [6.45, 7) is 1.58. The van der Waals surface area contributed by atoms with Crippen LogP contribution in [0.3, 0.4) is 0 Å².